The molecule has 2 rings (SSSR count). The lowest BCUT2D eigenvalue weighted by atomic mass is 10.2. The molecule has 0 aliphatic heterocycles. The van der Waals surface area contributed by atoms with Crippen LogP contribution in [0.15, 0.2) is 0 Å². The highest BCUT2D eigenvalue weighted by Crippen LogP contribution is 2.56. The fourth-order valence-electron chi connectivity index (χ4n) is 2.24. The molecule has 2 fully saturated rings. The second-order valence-corrected chi connectivity index (χ2v) is 3.11. The highest BCUT2D eigenvalue weighted by Gasteiger charge is 2.51. The summed E-state index contributed by atoms with van der Waals surface area (Å²) < 4.78 is 0. The molecule has 2 aliphatic rings. The molecule has 2 unspecified atom stereocenters. The highest BCUT2D eigenvalue weighted by atomic mass is 16.3. The fourth-order valence-corrected chi connectivity index (χ4v) is 2.24. The lowest BCUT2D eigenvalue weighted by molar-refractivity contribution is 0.256. The summed E-state index contributed by atoms with van der Waals surface area (Å²) in [7, 11) is 0. The molecule has 1 nitrogen and oxygen atoms in total. The second-order valence-electron chi connectivity index (χ2n) is 3.11. The predicted molar refractivity (Wildman–Crippen MR) is 31.4 cm³/mol. The maximum absolute atomic E-state index is 8.71. The van der Waals surface area contributed by atoms with E-state index in [-0.39, 0.29) is 0 Å². The summed E-state index contributed by atoms with van der Waals surface area (Å²) in [5.74, 6) is 2.61. The van der Waals surface area contributed by atoms with Gasteiger partial charge < -0.3 is 5.11 Å². The van der Waals surface area contributed by atoms with Crippen LogP contribution < -0.4 is 0 Å². The average molecular weight is 112 g/mol. The van der Waals surface area contributed by atoms with Crippen LogP contribution in [0, 0.1) is 17.8 Å². The van der Waals surface area contributed by atoms with Crippen molar-refractivity contribution in [3.63, 3.8) is 0 Å². The van der Waals surface area contributed by atoms with E-state index in [2.05, 4.69) is 0 Å². The van der Waals surface area contributed by atoms with E-state index < -0.39 is 0 Å². The molecule has 2 atom stereocenters. The van der Waals surface area contributed by atoms with Crippen molar-refractivity contribution in [2.75, 3.05) is 6.61 Å². The second kappa shape index (κ2) is 1.47. The molecule has 0 amide bonds. The van der Waals surface area contributed by atoms with Gasteiger partial charge in [-0.3, -0.25) is 0 Å². The van der Waals surface area contributed by atoms with Crippen molar-refractivity contribution in [2.45, 2.75) is 19.3 Å². The molecule has 0 radical (unpaired) electrons. The molecule has 1 heteroatoms. The van der Waals surface area contributed by atoms with Crippen LogP contribution in [0.5, 0.6) is 0 Å². The first-order chi connectivity index (χ1) is 3.93. The quantitative estimate of drug-likeness (QED) is 0.537. The molecule has 1 N–H and O–H groups in total. The van der Waals surface area contributed by atoms with Crippen molar-refractivity contribution in [2.24, 2.45) is 17.8 Å². The zero-order valence-electron chi connectivity index (χ0n) is 5.01. The van der Waals surface area contributed by atoms with Crippen LogP contribution in [0.1, 0.15) is 19.3 Å². The van der Waals surface area contributed by atoms with Crippen molar-refractivity contribution in [1.82, 2.24) is 0 Å². The van der Waals surface area contributed by atoms with Gasteiger partial charge in [0.05, 0.1) is 0 Å². The van der Waals surface area contributed by atoms with Crippen molar-refractivity contribution in [1.29, 1.82) is 0 Å². The Balaban J connectivity index is 1.94. The van der Waals surface area contributed by atoms with Gasteiger partial charge in [-0.05, 0) is 30.6 Å². The van der Waals surface area contributed by atoms with Gasteiger partial charge in [0.25, 0.3) is 0 Å². The molecule has 0 spiro atoms. The third kappa shape index (κ3) is 0.455. The Morgan fingerprint density at radius 1 is 1.25 bits per heavy atom. The molecule has 0 aromatic carbocycles. The predicted octanol–water partition coefficient (Wildman–Crippen LogP) is 1.02. The molecule has 0 aromatic rings. The fraction of sp³-hybridized carbons (Fsp3) is 1.00. The van der Waals surface area contributed by atoms with Gasteiger partial charge in [-0.15, -0.1) is 0 Å². The Morgan fingerprint density at radius 3 is 2.25 bits per heavy atom. The van der Waals surface area contributed by atoms with Crippen LogP contribution in [-0.4, -0.2) is 11.7 Å². The van der Waals surface area contributed by atoms with Gasteiger partial charge in [0, 0.05) is 6.61 Å². The number of fused-ring (bicyclic) bond motifs is 1. The zero-order chi connectivity index (χ0) is 5.56. The molecule has 0 aromatic heterocycles. The lowest BCUT2D eigenvalue weighted by Crippen LogP contribution is -1.91. The van der Waals surface area contributed by atoms with E-state index in [4.69, 9.17) is 5.11 Å². The van der Waals surface area contributed by atoms with Crippen LogP contribution in [0.25, 0.3) is 0 Å². The number of hydrogen-bond donors (Lipinski definition) is 1. The van der Waals surface area contributed by atoms with E-state index in [1.165, 1.54) is 19.3 Å². The van der Waals surface area contributed by atoms with Crippen LogP contribution in [0.3, 0.4) is 0 Å². The number of aliphatic hydroxyl groups excluding tert-OH is 1. The molecular formula is C7H12O. The van der Waals surface area contributed by atoms with Gasteiger partial charge in [-0.2, -0.15) is 0 Å². The van der Waals surface area contributed by atoms with Crippen molar-refractivity contribution in [3.8, 4) is 0 Å². The first kappa shape index (κ1) is 4.80. The monoisotopic (exact) mass is 112 g/mol. The van der Waals surface area contributed by atoms with Crippen LogP contribution in [-0.2, 0) is 0 Å². The van der Waals surface area contributed by atoms with Crippen molar-refractivity contribution in [3.05, 3.63) is 0 Å². The Kier molecular flexibility index (Phi) is 0.884. The molecule has 0 heterocycles. The minimum Gasteiger partial charge on any atom is -0.396 e. The van der Waals surface area contributed by atoms with Crippen molar-refractivity contribution >= 4 is 0 Å². The molecule has 46 valence electrons. The summed E-state index contributed by atoms with van der Waals surface area (Å²) >= 11 is 0. The van der Waals surface area contributed by atoms with E-state index in [1.54, 1.807) is 0 Å². The normalized spacial score (nSPS) is 51.4. The first-order valence-corrected chi connectivity index (χ1v) is 3.54. The van der Waals surface area contributed by atoms with Gasteiger partial charge in [-0.25, -0.2) is 0 Å². The van der Waals surface area contributed by atoms with E-state index in [9.17, 15) is 0 Å². The topological polar surface area (TPSA) is 20.2 Å². The molecular weight excluding hydrogens is 100 g/mol. The summed E-state index contributed by atoms with van der Waals surface area (Å²) in [5.41, 5.74) is 0. The van der Waals surface area contributed by atoms with E-state index in [0.29, 0.717) is 6.61 Å². The third-order valence-corrected chi connectivity index (χ3v) is 2.79. The van der Waals surface area contributed by atoms with Gasteiger partial charge in [0.1, 0.15) is 0 Å². The largest absolute Gasteiger partial charge is 0.396 e. The molecule has 8 heavy (non-hydrogen) atoms. The molecule has 0 bridgehead atoms. The highest BCUT2D eigenvalue weighted by molar-refractivity contribution is 5.00. The summed E-state index contributed by atoms with van der Waals surface area (Å²) in [4.78, 5) is 0. The SMILES string of the molecule is OCC1C2CCCC12. The first-order valence-electron chi connectivity index (χ1n) is 3.54. The summed E-state index contributed by atoms with van der Waals surface area (Å²) in [6.45, 7) is 0.454. The maximum Gasteiger partial charge on any atom is 0.0464 e. The lowest BCUT2D eigenvalue weighted by Gasteiger charge is -1.94. The minimum absolute atomic E-state index is 0.454. The Bertz CT molecular complexity index is 83.8. The Hall–Kier alpha value is -0.0400. The van der Waals surface area contributed by atoms with Crippen molar-refractivity contribution < 1.29 is 5.11 Å². The molecule has 2 saturated carbocycles. The number of rotatable bonds is 1. The third-order valence-electron chi connectivity index (χ3n) is 2.79. The smallest absolute Gasteiger partial charge is 0.0464 e. The average Bonchev–Trinajstić information content (AvgIpc) is 2.22. The van der Waals surface area contributed by atoms with Gasteiger partial charge in [0.15, 0.2) is 0 Å². The maximum atomic E-state index is 8.71. The summed E-state index contributed by atoms with van der Waals surface area (Å²) in [6.07, 6.45) is 4.22. The molecule has 0 saturated heterocycles. The standard InChI is InChI=1S/C7H12O/c8-4-7-5-2-1-3-6(5)7/h5-8H,1-4H2. The van der Waals surface area contributed by atoms with E-state index >= 15 is 0 Å². The van der Waals surface area contributed by atoms with Gasteiger partial charge >= 0.3 is 0 Å². The van der Waals surface area contributed by atoms with Gasteiger partial charge in [-0.1, -0.05) is 6.42 Å². The Morgan fingerprint density at radius 2 is 1.88 bits per heavy atom. The summed E-state index contributed by atoms with van der Waals surface area (Å²) in [6, 6.07) is 0. The van der Waals surface area contributed by atoms with Crippen LogP contribution in [0.4, 0.5) is 0 Å². The summed E-state index contributed by atoms with van der Waals surface area (Å²) in [5, 5.41) is 8.71. The zero-order valence-corrected chi connectivity index (χ0v) is 5.01. The van der Waals surface area contributed by atoms with Crippen LogP contribution in [0.2, 0.25) is 0 Å². The number of aliphatic hydroxyl groups is 1. The van der Waals surface area contributed by atoms with Crippen LogP contribution >= 0.6 is 0 Å². The number of hydrogen-bond acceptors (Lipinski definition) is 1. The minimum atomic E-state index is 0.454. The van der Waals surface area contributed by atoms with E-state index in [0.717, 1.165) is 17.8 Å². The molecule has 2 aliphatic carbocycles. The van der Waals surface area contributed by atoms with Gasteiger partial charge in [0.2, 0.25) is 0 Å². The van der Waals surface area contributed by atoms with E-state index in [1.807, 2.05) is 0 Å². The Labute approximate surface area is 49.7 Å².